The Labute approximate surface area is 145 Å². The normalized spacial score (nSPS) is 17.8. The van der Waals surface area contributed by atoms with Crippen LogP contribution in [0, 0.1) is 0 Å². The minimum absolute atomic E-state index is 0.137. The summed E-state index contributed by atoms with van der Waals surface area (Å²) in [5.74, 6) is 0.945. The van der Waals surface area contributed by atoms with Crippen LogP contribution in [0.15, 0.2) is 30.3 Å². The maximum Gasteiger partial charge on any atom is 0.254 e. The fourth-order valence-electron chi connectivity index (χ4n) is 3.14. The lowest BCUT2D eigenvalue weighted by atomic mass is 10.0. The fraction of sp³-hybridized carbons (Fsp3) is 0.550. The van der Waals surface area contributed by atoms with Gasteiger partial charge in [0, 0.05) is 24.7 Å². The molecule has 1 aromatic carbocycles. The number of hydrogen-bond donors (Lipinski definition) is 1. The molecule has 1 fully saturated rings. The molecule has 1 N–H and O–H groups in total. The van der Waals surface area contributed by atoms with E-state index in [1.54, 1.807) is 7.11 Å². The predicted molar refractivity (Wildman–Crippen MR) is 99.2 cm³/mol. The van der Waals surface area contributed by atoms with E-state index >= 15 is 0 Å². The van der Waals surface area contributed by atoms with E-state index in [0.717, 1.165) is 55.8 Å². The average Bonchev–Trinajstić information content (AvgIpc) is 3.12. The summed E-state index contributed by atoms with van der Waals surface area (Å²) in [5.41, 5.74) is 1.77. The van der Waals surface area contributed by atoms with Crippen molar-refractivity contribution in [3.8, 4) is 5.75 Å². The third-order valence-electron chi connectivity index (χ3n) is 4.37. The monoisotopic (exact) mass is 330 g/mol. The minimum atomic E-state index is 0.137. The number of benzene rings is 1. The van der Waals surface area contributed by atoms with Crippen LogP contribution in [0.1, 0.15) is 45.1 Å². The van der Waals surface area contributed by atoms with E-state index < -0.39 is 0 Å². The second-order valence-electron chi connectivity index (χ2n) is 6.30. The first-order chi connectivity index (χ1) is 11.7. The van der Waals surface area contributed by atoms with Gasteiger partial charge in [0.05, 0.1) is 7.11 Å². The molecule has 132 valence electrons. The van der Waals surface area contributed by atoms with Gasteiger partial charge in [0.25, 0.3) is 5.91 Å². The molecule has 1 atom stereocenters. The quantitative estimate of drug-likeness (QED) is 0.742. The number of nitrogens with one attached hydrogen (secondary N) is 1. The van der Waals surface area contributed by atoms with E-state index in [1.807, 2.05) is 29.2 Å². The van der Waals surface area contributed by atoms with Crippen LogP contribution in [0.4, 0.5) is 0 Å². The average molecular weight is 330 g/mol. The number of carbonyl (C=O) groups is 1. The Morgan fingerprint density at radius 2 is 1.92 bits per heavy atom. The molecule has 1 saturated heterocycles. The van der Waals surface area contributed by atoms with Crippen molar-refractivity contribution in [2.24, 2.45) is 0 Å². The van der Waals surface area contributed by atoms with Gasteiger partial charge in [0.1, 0.15) is 5.75 Å². The summed E-state index contributed by atoms with van der Waals surface area (Å²) in [6.45, 7) is 6.87. The van der Waals surface area contributed by atoms with Crippen molar-refractivity contribution in [2.45, 2.75) is 45.6 Å². The smallest absolute Gasteiger partial charge is 0.254 e. The highest BCUT2D eigenvalue weighted by atomic mass is 16.5. The Morgan fingerprint density at radius 1 is 1.25 bits per heavy atom. The van der Waals surface area contributed by atoms with Crippen LogP contribution < -0.4 is 10.1 Å². The summed E-state index contributed by atoms with van der Waals surface area (Å²) in [7, 11) is 1.66. The molecule has 1 unspecified atom stereocenters. The van der Waals surface area contributed by atoms with E-state index in [9.17, 15) is 4.79 Å². The molecule has 0 radical (unpaired) electrons. The summed E-state index contributed by atoms with van der Waals surface area (Å²) in [6.07, 6.45) is 6.33. The molecule has 1 aliphatic heterocycles. The third-order valence-corrected chi connectivity index (χ3v) is 4.37. The molecule has 4 nitrogen and oxygen atoms in total. The predicted octanol–water partition coefficient (Wildman–Crippen LogP) is 3.48. The molecule has 0 aliphatic carbocycles. The Hall–Kier alpha value is -1.81. The van der Waals surface area contributed by atoms with Gasteiger partial charge < -0.3 is 15.0 Å². The number of rotatable bonds is 8. The van der Waals surface area contributed by atoms with Crippen molar-refractivity contribution in [3.63, 3.8) is 0 Å². The summed E-state index contributed by atoms with van der Waals surface area (Å²) in [5, 5.41) is 3.47. The van der Waals surface area contributed by atoms with Gasteiger partial charge in [-0.1, -0.05) is 32.1 Å². The first kappa shape index (κ1) is 18.5. The lowest BCUT2D eigenvalue weighted by molar-refractivity contribution is -0.125. The number of amides is 1. The van der Waals surface area contributed by atoms with Gasteiger partial charge in [0.15, 0.2) is 0 Å². The number of carbonyl (C=O) groups excluding carboxylic acids is 1. The van der Waals surface area contributed by atoms with Crippen LogP contribution in [0.3, 0.4) is 0 Å². The fourth-order valence-corrected chi connectivity index (χ4v) is 3.14. The van der Waals surface area contributed by atoms with Gasteiger partial charge in [-0.3, -0.25) is 4.79 Å². The van der Waals surface area contributed by atoms with Crippen molar-refractivity contribution in [3.05, 3.63) is 35.9 Å². The lowest BCUT2D eigenvalue weighted by Gasteiger charge is -2.24. The van der Waals surface area contributed by atoms with Gasteiger partial charge in [-0.15, -0.1) is 0 Å². The molecule has 1 aliphatic rings. The van der Waals surface area contributed by atoms with Crippen LogP contribution in [0.25, 0.3) is 5.57 Å². The zero-order chi connectivity index (χ0) is 17.4. The third kappa shape index (κ3) is 4.84. The molecule has 4 heteroatoms. The van der Waals surface area contributed by atoms with E-state index in [4.69, 9.17) is 4.74 Å². The maximum atomic E-state index is 13.2. The van der Waals surface area contributed by atoms with Gasteiger partial charge in [-0.2, -0.15) is 0 Å². The molecule has 0 spiro atoms. The second-order valence-corrected chi connectivity index (χ2v) is 6.30. The Bertz CT molecular complexity index is 539. The van der Waals surface area contributed by atoms with Gasteiger partial charge in [-0.25, -0.2) is 0 Å². The van der Waals surface area contributed by atoms with Crippen LogP contribution >= 0.6 is 0 Å². The van der Waals surface area contributed by atoms with Gasteiger partial charge >= 0.3 is 0 Å². The zero-order valence-electron chi connectivity index (χ0n) is 15.2. The Morgan fingerprint density at radius 3 is 2.42 bits per heavy atom. The molecule has 0 saturated carbocycles. The van der Waals surface area contributed by atoms with Crippen molar-refractivity contribution < 1.29 is 9.53 Å². The maximum absolute atomic E-state index is 13.2. The Balaban J connectivity index is 2.31. The standard InChI is InChI=1S/C20H30N2O2/c1-4-13-22(14-5-2)20(23)19(15-17-7-6-12-21-17)16-8-10-18(24-3)11-9-16/h8-11,15,17,21H,4-7,12-14H2,1-3H3/b19-15-. The summed E-state index contributed by atoms with van der Waals surface area (Å²) >= 11 is 0. The van der Waals surface area contributed by atoms with Crippen molar-refractivity contribution in [2.75, 3.05) is 26.7 Å². The summed E-state index contributed by atoms with van der Waals surface area (Å²) in [4.78, 5) is 15.1. The molecule has 0 bridgehead atoms. The van der Waals surface area contributed by atoms with Crippen LogP contribution in [0.5, 0.6) is 5.75 Å². The number of methoxy groups -OCH3 is 1. The number of nitrogens with zero attached hydrogens (tertiary/aromatic N) is 1. The highest BCUT2D eigenvalue weighted by molar-refractivity contribution is 6.19. The first-order valence-corrected chi connectivity index (χ1v) is 9.08. The van der Waals surface area contributed by atoms with Crippen molar-refractivity contribution in [1.82, 2.24) is 10.2 Å². The van der Waals surface area contributed by atoms with E-state index in [1.165, 1.54) is 6.42 Å². The molecule has 24 heavy (non-hydrogen) atoms. The minimum Gasteiger partial charge on any atom is -0.497 e. The number of hydrogen-bond acceptors (Lipinski definition) is 3. The molecular weight excluding hydrogens is 300 g/mol. The second kappa shape index (κ2) is 9.48. The van der Waals surface area contributed by atoms with Crippen molar-refractivity contribution in [1.29, 1.82) is 0 Å². The van der Waals surface area contributed by atoms with Crippen LogP contribution in [-0.4, -0.2) is 43.6 Å². The molecular formula is C20H30N2O2. The number of ether oxygens (including phenoxy) is 1. The van der Waals surface area contributed by atoms with E-state index in [0.29, 0.717) is 0 Å². The highest BCUT2D eigenvalue weighted by Crippen LogP contribution is 2.23. The first-order valence-electron chi connectivity index (χ1n) is 9.08. The van der Waals surface area contributed by atoms with Gasteiger partial charge in [-0.05, 0) is 49.9 Å². The largest absolute Gasteiger partial charge is 0.497 e. The van der Waals surface area contributed by atoms with Crippen molar-refractivity contribution >= 4 is 11.5 Å². The van der Waals surface area contributed by atoms with Crippen LogP contribution in [0.2, 0.25) is 0 Å². The van der Waals surface area contributed by atoms with E-state index in [2.05, 4.69) is 25.2 Å². The highest BCUT2D eigenvalue weighted by Gasteiger charge is 2.21. The molecule has 1 heterocycles. The SMILES string of the molecule is CCCN(CCC)C(=O)/C(=C\C1CCCN1)c1ccc(OC)cc1. The van der Waals surface area contributed by atoms with Gasteiger partial charge in [0.2, 0.25) is 0 Å². The summed E-state index contributed by atoms with van der Waals surface area (Å²) < 4.78 is 5.24. The lowest BCUT2D eigenvalue weighted by Crippen LogP contribution is -2.34. The van der Waals surface area contributed by atoms with Crippen LogP contribution in [-0.2, 0) is 4.79 Å². The molecule has 0 aromatic heterocycles. The Kier molecular flexibility index (Phi) is 7.32. The topological polar surface area (TPSA) is 41.6 Å². The zero-order valence-corrected chi connectivity index (χ0v) is 15.2. The summed E-state index contributed by atoms with van der Waals surface area (Å²) in [6, 6.07) is 8.09. The molecule has 1 amide bonds. The molecule has 2 rings (SSSR count). The van der Waals surface area contributed by atoms with E-state index in [-0.39, 0.29) is 11.9 Å². The molecule has 1 aromatic rings.